The average Bonchev–Trinajstić information content (AvgIpc) is 2.96. The monoisotopic (exact) mass is 385 g/mol. The fraction of sp³-hybridized carbons (Fsp3) is 0.556. The Kier molecular flexibility index (Phi) is 6.72. The van der Waals surface area contributed by atoms with E-state index in [1.54, 1.807) is 17.0 Å². The number of nitrogens with two attached hydrogens (primary N) is 1. The number of anilines is 1. The van der Waals surface area contributed by atoms with Crippen LogP contribution in [0.3, 0.4) is 0 Å². The second kappa shape index (κ2) is 8.39. The lowest BCUT2D eigenvalue weighted by atomic mass is 9.91. The summed E-state index contributed by atoms with van der Waals surface area (Å²) >= 11 is 5.90. The molecule has 3 unspecified atom stereocenters. The van der Waals surface area contributed by atoms with E-state index in [0.29, 0.717) is 37.0 Å². The number of piperidine rings is 1. The van der Waals surface area contributed by atoms with Gasteiger partial charge in [-0.25, -0.2) is 0 Å². The van der Waals surface area contributed by atoms with Gasteiger partial charge in [-0.2, -0.15) is 0 Å². The van der Waals surface area contributed by atoms with E-state index >= 15 is 0 Å². The van der Waals surface area contributed by atoms with Crippen molar-refractivity contribution in [2.75, 3.05) is 24.5 Å². The van der Waals surface area contributed by atoms with E-state index in [9.17, 15) is 9.59 Å². The highest BCUT2D eigenvalue weighted by Gasteiger charge is 2.42. The molecule has 2 amide bonds. The van der Waals surface area contributed by atoms with Crippen LogP contribution in [0.5, 0.6) is 0 Å². The number of benzene rings is 1. The molecule has 7 heteroatoms. The molecule has 0 saturated carbocycles. The molecule has 0 radical (unpaired) electrons. The van der Waals surface area contributed by atoms with Crippen LogP contribution in [-0.4, -0.2) is 42.4 Å². The maximum Gasteiger partial charge on any atom is 0.239 e. The van der Waals surface area contributed by atoms with Gasteiger partial charge in [-0.15, -0.1) is 12.4 Å². The molecule has 2 saturated heterocycles. The van der Waals surface area contributed by atoms with Crippen LogP contribution in [0.4, 0.5) is 5.69 Å². The summed E-state index contributed by atoms with van der Waals surface area (Å²) in [7, 11) is 0. The van der Waals surface area contributed by atoms with Gasteiger partial charge < -0.3 is 15.5 Å². The minimum Gasteiger partial charge on any atom is -0.338 e. The van der Waals surface area contributed by atoms with Crippen molar-refractivity contribution in [1.29, 1.82) is 0 Å². The van der Waals surface area contributed by atoms with Crippen molar-refractivity contribution < 1.29 is 9.59 Å². The second-order valence-electron chi connectivity index (χ2n) is 6.86. The molecule has 2 N–H and O–H groups in total. The Bertz CT molecular complexity index is 623. The maximum absolute atomic E-state index is 12.9. The van der Waals surface area contributed by atoms with Crippen LogP contribution in [0.25, 0.3) is 0 Å². The third-order valence-corrected chi connectivity index (χ3v) is 5.43. The van der Waals surface area contributed by atoms with Gasteiger partial charge in [-0.05, 0) is 49.4 Å². The summed E-state index contributed by atoms with van der Waals surface area (Å²) in [6.07, 6.45) is 2.46. The number of carbonyl (C=O) groups excluding carboxylic acids is 2. The van der Waals surface area contributed by atoms with Gasteiger partial charge in [0.2, 0.25) is 11.8 Å². The van der Waals surface area contributed by atoms with Crippen molar-refractivity contribution in [3.63, 3.8) is 0 Å². The van der Waals surface area contributed by atoms with Crippen LogP contribution in [0.1, 0.15) is 26.2 Å². The molecule has 25 heavy (non-hydrogen) atoms. The van der Waals surface area contributed by atoms with Gasteiger partial charge in [0.15, 0.2) is 0 Å². The number of likely N-dealkylation sites (tertiary alicyclic amines) is 1. The van der Waals surface area contributed by atoms with E-state index in [4.69, 9.17) is 17.3 Å². The largest absolute Gasteiger partial charge is 0.338 e. The van der Waals surface area contributed by atoms with E-state index < -0.39 is 5.92 Å². The normalized spacial score (nSPS) is 26.5. The van der Waals surface area contributed by atoms with Crippen LogP contribution >= 0.6 is 24.0 Å². The Hall–Kier alpha value is -1.30. The molecule has 3 rings (SSSR count). The summed E-state index contributed by atoms with van der Waals surface area (Å²) < 4.78 is 0. The Balaban J connectivity index is 0.00000225. The van der Waals surface area contributed by atoms with Gasteiger partial charge in [0.25, 0.3) is 0 Å². The zero-order valence-corrected chi connectivity index (χ0v) is 15.9. The minimum atomic E-state index is -0.580. The van der Waals surface area contributed by atoms with Crippen molar-refractivity contribution in [2.24, 2.45) is 17.6 Å². The number of carbonyl (C=O) groups is 2. The van der Waals surface area contributed by atoms with E-state index in [2.05, 4.69) is 6.92 Å². The maximum atomic E-state index is 12.9. The first-order valence-electron chi connectivity index (χ1n) is 8.58. The highest BCUT2D eigenvalue weighted by molar-refractivity contribution is 6.30. The Morgan fingerprint density at radius 1 is 1.24 bits per heavy atom. The summed E-state index contributed by atoms with van der Waals surface area (Å²) in [6, 6.07) is 7.21. The Morgan fingerprint density at radius 3 is 2.56 bits per heavy atom. The lowest BCUT2D eigenvalue weighted by Gasteiger charge is -2.39. The second-order valence-corrected chi connectivity index (χ2v) is 7.29. The van der Waals surface area contributed by atoms with E-state index in [1.807, 2.05) is 17.0 Å². The first-order chi connectivity index (χ1) is 11.5. The summed E-state index contributed by atoms with van der Waals surface area (Å²) in [5.41, 5.74) is 6.65. The van der Waals surface area contributed by atoms with E-state index in [-0.39, 0.29) is 30.3 Å². The molecule has 0 aromatic heterocycles. The predicted molar refractivity (Wildman–Crippen MR) is 102 cm³/mol. The van der Waals surface area contributed by atoms with Gasteiger partial charge >= 0.3 is 0 Å². The number of nitrogens with zero attached hydrogens (tertiary/aromatic N) is 2. The summed E-state index contributed by atoms with van der Waals surface area (Å²) in [5, 5.41) is 0.631. The predicted octanol–water partition coefficient (Wildman–Crippen LogP) is 2.70. The molecule has 0 spiro atoms. The molecule has 138 valence electrons. The zero-order chi connectivity index (χ0) is 17.3. The highest BCUT2D eigenvalue weighted by Crippen LogP contribution is 2.30. The van der Waals surface area contributed by atoms with Crippen molar-refractivity contribution >= 4 is 41.5 Å². The molecule has 5 nitrogen and oxygen atoms in total. The lowest BCUT2D eigenvalue weighted by Crippen LogP contribution is -2.52. The number of hydrogen-bond donors (Lipinski definition) is 1. The van der Waals surface area contributed by atoms with Gasteiger partial charge in [0.1, 0.15) is 5.92 Å². The van der Waals surface area contributed by atoms with Crippen molar-refractivity contribution in [3.05, 3.63) is 29.3 Å². The smallest absolute Gasteiger partial charge is 0.239 e. The van der Waals surface area contributed by atoms with Gasteiger partial charge in [-0.3, -0.25) is 9.59 Å². The Labute approximate surface area is 159 Å². The molecule has 0 aliphatic carbocycles. The van der Waals surface area contributed by atoms with Crippen LogP contribution < -0.4 is 10.6 Å². The summed E-state index contributed by atoms with van der Waals surface area (Å²) in [6.45, 7) is 3.91. The molecule has 3 atom stereocenters. The first kappa shape index (κ1) is 20.0. The quantitative estimate of drug-likeness (QED) is 0.813. The molecule has 1 aromatic rings. The number of amides is 2. The van der Waals surface area contributed by atoms with Gasteiger partial charge in [0, 0.05) is 36.4 Å². The van der Waals surface area contributed by atoms with Gasteiger partial charge in [0.05, 0.1) is 0 Å². The number of halogens is 2. The Morgan fingerprint density at radius 2 is 1.92 bits per heavy atom. The highest BCUT2D eigenvalue weighted by atomic mass is 35.5. The first-order valence-corrected chi connectivity index (χ1v) is 8.96. The van der Waals surface area contributed by atoms with E-state index in [1.165, 1.54) is 0 Å². The number of hydrogen-bond acceptors (Lipinski definition) is 3. The average molecular weight is 386 g/mol. The molecular weight excluding hydrogens is 361 g/mol. The summed E-state index contributed by atoms with van der Waals surface area (Å²) in [4.78, 5) is 29.2. The van der Waals surface area contributed by atoms with Crippen LogP contribution in [0, 0.1) is 11.8 Å². The van der Waals surface area contributed by atoms with Crippen molar-refractivity contribution in [3.8, 4) is 0 Å². The topological polar surface area (TPSA) is 66.6 Å². The lowest BCUT2D eigenvalue weighted by molar-refractivity contribution is -0.143. The summed E-state index contributed by atoms with van der Waals surface area (Å²) in [5.74, 6) is -0.175. The molecule has 2 heterocycles. The van der Waals surface area contributed by atoms with Crippen LogP contribution in [0.2, 0.25) is 5.02 Å². The standard InChI is InChI=1S/C18H24ClN3O2.ClH/c1-12-6-8-22(15(10-12)11-20)18(24)16-7-9-21(17(16)23)14-4-2-13(19)3-5-14;/h2-5,12,15-16H,6-11,20H2,1H3;1H. The SMILES string of the molecule is CC1CCN(C(=O)C2CCN(c3ccc(Cl)cc3)C2=O)C(CN)C1.Cl. The fourth-order valence-electron chi connectivity index (χ4n) is 3.75. The third kappa shape index (κ3) is 4.10. The molecule has 2 fully saturated rings. The van der Waals surface area contributed by atoms with Gasteiger partial charge in [-0.1, -0.05) is 18.5 Å². The fourth-order valence-corrected chi connectivity index (χ4v) is 3.88. The van der Waals surface area contributed by atoms with Crippen LogP contribution in [-0.2, 0) is 9.59 Å². The third-order valence-electron chi connectivity index (χ3n) is 5.18. The van der Waals surface area contributed by atoms with Crippen LogP contribution in [0.15, 0.2) is 24.3 Å². The molecule has 1 aromatic carbocycles. The van der Waals surface area contributed by atoms with Crippen molar-refractivity contribution in [2.45, 2.75) is 32.2 Å². The molecule has 0 bridgehead atoms. The molecule has 2 aliphatic rings. The van der Waals surface area contributed by atoms with Crippen molar-refractivity contribution in [1.82, 2.24) is 4.90 Å². The molecule has 2 aliphatic heterocycles. The minimum absolute atomic E-state index is 0. The number of rotatable bonds is 3. The van der Waals surface area contributed by atoms with E-state index in [0.717, 1.165) is 18.5 Å². The zero-order valence-electron chi connectivity index (χ0n) is 14.4. The molecular formula is C18H25Cl2N3O2.